The van der Waals surface area contributed by atoms with E-state index < -0.39 is 17.0 Å². The van der Waals surface area contributed by atoms with Crippen molar-refractivity contribution in [1.29, 1.82) is 0 Å². The molecule has 0 unspecified atom stereocenters. The molecular formula is C8H4F3NO2S. The average molecular weight is 235 g/mol. The summed E-state index contributed by atoms with van der Waals surface area (Å²) in [5.41, 5.74) is 0.0739. The van der Waals surface area contributed by atoms with E-state index in [1.165, 1.54) is 6.07 Å². The Kier molecular flexibility index (Phi) is 2.18. The molecule has 1 aromatic heterocycles. The number of alkyl halides is 3. The minimum atomic E-state index is -4.76. The Morgan fingerprint density at radius 3 is 2.73 bits per heavy atom. The summed E-state index contributed by atoms with van der Waals surface area (Å²) < 4.78 is 40.1. The third-order valence-electron chi connectivity index (χ3n) is 1.64. The second-order valence-electron chi connectivity index (χ2n) is 2.69. The molecule has 0 aliphatic heterocycles. The van der Waals surface area contributed by atoms with E-state index >= 15 is 0 Å². The van der Waals surface area contributed by atoms with Crippen LogP contribution in [-0.4, -0.2) is 11.3 Å². The highest BCUT2D eigenvalue weighted by Crippen LogP contribution is 2.29. The summed E-state index contributed by atoms with van der Waals surface area (Å²) in [6, 6.07) is 4.09. The first-order valence-corrected chi connectivity index (χ1v) is 4.65. The first-order chi connectivity index (χ1) is 6.96. The summed E-state index contributed by atoms with van der Waals surface area (Å²) >= 11 is 0.834. The molecule has 80 valence electrons. The van der Waals surface area contributed by atoms with Crippen molar-refractivity contribution in [2.45, 2.75) is 6.36 Å². The topological polar surface area (TPSA) is 42.1 Å². The highest BCUT2D eigenvalue weighted by molar-refractivity contribution is 7.16. The van der Waals surface area contributed by atoms with Crippen molar-refractivity contribution < 1.29 is 17.9 Å². The lowest BCUT2D eigenvalue weighted by Crippen LogP contribution is -2.17. The van der Waals surface area contributed by atoms with Crippen LogP contribution in [0.15, 0.2) is 23.0 Å². The van der Waals surface area contributed by atoms with Crippen molar-refractivity contribution in [3.63, 3.8) is 0 Å². The molecule has 1 N–H and O–H groups in total. The summed E-state index contributed by atoms with van der Waals surface area (Å²) in [6.07, 6.45) is -4.76. The standard InChI is InChI=1S/C8H4F3NO2S/c9-8(10,11)14-4-2-1-3-5-6(4)12-7(13)15-5/h1-3H,(H,12,13). The fraction of sp³-hybridized carbons (Fsp3) is 0.125. The Bertz CT molecular complexity index is 543. The van der Waals surface area contributed by atoms with Gasteiger partial charge in [-0.3, -0.25) is 4.79 Å². The number of hydrogen-bond acceptors (Lipinski definition) is 3. The maximum atomic E-state index is 12.0. The summed E-state index contributed by atoms with van der Waals surface area (Å²) in [6.45, 7) is 0. The van der Waals surface area contributed by atoms with Gasteiger partial charge >= 0.3 is 11.2 Å². The smallest absolute Gasteiger partial charge is 0.404 e. The SMILES string of the molecule is O=c1[nH]c2c(OC(F)(F)F)cccc2s1. The lowest BCUT2D eigenvalue weighted by molar-refractivity contribution is -0.274. The minimum absolute atomic E-state index is 0.0739. The van der Waals surface area contributed by atoms with Gasteiger partial charge in [0.05, 0.1) is 4.70 Å². The molecule has 1 aromatic carbocycles. The van der Waals surface area contributed by atoms with Crippen molar-refractivity contribution in [2.24, 2.45) is 0 Å². The average Bonchev–Trinajstić information content (AvgIpc) is 2.43. The number of rotatable bonds is 1. The van der Waals surface area contributed by atoms with Crippen LogP contribution in [0.25, 0.3) is 10.2 Å². The number of thiazole rings is 1. The number of hydrogen-bond donors (Lipinski definition) is 1. The van der Waals surface area contributed by atoms with Crippen LogP contribution in [0.5, 0.6) is 5.75 Å². The van der Waals surface area contributed by atoms with Gasteiger partial charge in [-0.2, -0.15) is 0 Å². The summed E-state index contributed by atoms with van der Waals surface area (Å²) in [4.78, 5) is 12.8. The van der Waals surface area contributed by atoms with Crippen molar-refractivity contribution in [3.8, 4) is 5.75 Å². The van der Waals surface area contributed by atoms with E-state index in [-0.39, 0.29) is 5.52 Å². The van der Waals surface area contributed by atoms with Crippen LogP contribution in [0.4, 0.5) is 13.2 Å². The maximum absolute atomic E-state index is 12.0. The number of aromatic amines is 1. The van der Waals surface area contributed by atoms with E-state index in [9.17, 15) is 18.0 Å². The monoisotopic (exact) mass is 235 g/mol. The summed E-state index contributed by atoms with van der Waals surface area (Å²) in [5, 5.41) is 0. The van der Waals surface area contributed by atoms with Gasteiger partial charge in [0.2, 0.25) is 0 Å². The summed E-state index contributed by atoms with van der Waals surface area (Å²) in [7, 11) is 0. The highest BCUT2D eigenvalue weighted by atomic mass is 32.1. The van der Waals surface area contributed by atoms with E-state index in [1.807, 2.05) is 0 Å². The molecule has 0 bridgehead atoms. The van der Waals surface area contributed by atoms with Gasteiger partial charge in [0.15, 0.2) is 5.75 Å². The highest BCUT2D eigenvalue weighted by Gasteiger charge is 2.32. The molecule has 2 aromatic rings. The molecule has 0 aliphatic carbocycles. The van der Waals surface area contributed by atoms with Gasteiger partial charge in [0, 0.05) is 0 Å². The van der Waals surface area contributed by atoms with Crippen LogP contribution in [-0.2, 0) is 0 Å². The van der Waals surface area contributed by atoms with Crippen molar-refractivity contribution in [1.82, 2.24) is 4.98 Å². The van der Waals surface area contributed by atoms with Crippen LogP contribution in [0.2, 0.25) is 0 Å². The fourth-order valence-corrected chi connectivity index (χ4v) is 1.91. The minimum Gasteiger partial charge on any atom is -0.404 e. The molecule has 0 atom stereocenters. The fourth-order valence-electron chi connectivity index (χ4n) is 1.16. The number of fused-ring (bicyclic) bond motifs is 1. The molecule has 3 nitrogen and oxygen atoms in total. The lowest BCUT2D eigenvalue weighted by atomic mass is 10.3. The lowest BCUT2D eigenvalue weighted by Gasteiger charge is -2.08. The number of ether oxygens (including phenoxy) is 1. The van der Waals surface area contributed by atoms with Crippen LogP contribution in [0, 0.1) is 0 Å². The van der Waals surface area contributed by atoms with Gasteiger partial charge in [-0.1, -0.05) is 17.4 Å². The molecule has 15 heavy (non-hydrogen) atoms. The Morgan fingerprint density at radius 2 is 2.07 bits per heavy atom. The van der Waals surface area contributed by atoms with Crippen LogP contribution >= 0.6 is 11.3 Å². The van der Waals surface area contributed by atoms with Gasteiger partial charge in [-0.05, 0) is 12.1 Å². The predicted octanol–water partition coefficient (Wildman–Crippen LogP) is 2.49. The second-order valence-corrected chi connectivity index (χ2v) is 3.71. The van der Waals surface area contributed by atoms with Crippen molar-refractivity contribution >= 4 is 21.6 Å². The zero-order chi connectivity index (χ0) is 11.1. The third-order valence-corrected chi connectivity index (χ3v) is 2.49. The molecule has 0 amide bonds. The Hall–Kier alpha value is -1.50. The summed E-state index contributed by atoms with van der Waals surface area (Å²) in [5.74, 6) is -0.390. The molecule has 2 rings (SSSR count). The van der Waals surface area contributed by atoms with E-state index in [0.717, 1.165) is 17.4 Å². The number of H-pyrrole nitrogens is 1. The molecule has 0 saturated carbocycles. The quantitative estimate of drug-likeness (QED) is 0.825. The zero-order valence-electron chi connectivity index (χ0n) is 7.09. The largest absolute Gasteiger partial charge is 0.573 e. The van der Waals surface area contributed by atoms with Gasteiger partial charge in [-0.25, -0.2) is 0 Å². The maximum Gasteiger partial charge on any atom is 0.573 e. The third kappa shape index (κ3) is 2.12. The second kappa shape index (κ2) is 3.27. The van der Waals surface area contributed by atoms with Crippen molar-refractivity contribution in [2.75, 3.05) is 0 Å². The molecule has 0 spiro atoms. The molecule has 0 saturated heterocycles. The van der Waals surface area contributed by atoms with Crippen LogP contribution in [0.3, 0.4) is 0 Å². The number of halogens is 3. The van der Waals surface area contributed by atoms with Gasteiger partial charge < -0.3 is 9.72 Å². The zero-order valence-corrected chi connectivity index (χ0v) is 7.91. The van der Waals surface area contributed by atoms with Gasteiger partial charge in [-0.15, -0.1) is 13.2 Å². The van der Waals surface area contributed by atoms with E-state index in [4.69, 9.17) is 0 Å². The Morgan fingerprint density at radius 1 is 1.33 bits per heavy atom. The molecule has 0 aliphatic rings. The predicted molar refractivity (Wildman–Crippen MR) is 49.1 cm³/mol. The van der Waals surface area contributed by atoms with Gasteiger partial charge in [0.25, 0.3) is 0 Å². The Balaban J connectivity index is 2.56. The first-order valence-electron chi connectivity index (χ1n) is 3.83. The number of nitrogens with one attached hydrogen (secondary N) is 1. The number of aromatic nitrogens is 1. The molecule has 0 radical (unpaired) electrons. The van der Waals surface area contributed by atoms with E-state index in [2.05, 4.69) is 9.72 Å². The van der Waals surface area contributed by atoms with E-state index in [0.29, 0.717) is 4.70 Å². The van der Waals surface area contributed by atoms with Crippen molar-refractivity contribution in [3.05, 3.63) is 27.9 Å². The number of para-hydroxylation sites is 1. The van der Waals surface area contributed by atoms with Crippen LogP contribution in [0.1, 0.15) is 0 Å². The molecule has 7 heteroatoms. The normalized spacial score (nSPS) is 11.9. The molecule has 0 fully saturated rings. The molecule has 1 heterocycles. The Labute approximate surface area is 85.1 Å². The van der Waals surface area contributed by atoms with Crippen LogP contribution < -0.4 is 9.61 Å². The van der Waals surface area contributed by atoms with E-state index in [1.54, 1.807) is 6.07 Å². The number of benzene rings is 1. The molecular weight excluding hydrogens is 231 g/mol. The van der Waals surface area contributed by atoms with Gasteiger partial charge in [0.1, 0.15) is 5.52 Å². The first kappa shape index (κ1) is 10.0.